The number of carbonyl (C=O) groups is 1. The lowest BCUT2D eigenvalue weighted by Gasteiger charge is -2.12. The first kappa shape index (κ1) is 24.3. The Morgan fingerprint density at radius 2 is 1.61 bits per heavy atom. The lowest BCUT2D eigenvalue weighted by atomic mass is 10.0. The Morgan fingerprint density at radius 1 is 0.895 bits per heavy atom. The number of phenolic OH excluding ortho intramolecular Hbond substituents is 1. The van der Waals surface area contributed by atoms with Gasteiger partial charge in [0, 0.05) is 23.1 Å². The fourth-order valence-electron chi connectivity index (χ4n) is 3.94. The molecule has 0 saturated heterocycles. The van der Waals surface area contributed by atoms with Crippen LogP contribution in [0.15, 0.2) is 97.1 Å². The van der Waals surface area contributed by atoms with Gasteiger partial charge in [-0.2, -0.15) is 0 Å². The molecule has 1 aromatic heterocycles. The van der Waals surface area contributed by atoms with Gasteiger partial charge < -0.3 is 19.9 Å². The van der Waals surface area contributed by atoms with E-state index < -0.39 is 10.8 Å². The highest BCUT2D eigenvalue weighted by atomic mass is 16.6. The van der Waals surface area contributed by atoms with Gasteiger partial charge in [0.2, 0.25) is 0 Å². The minimum atomic E-state index is -0.567. The minimum Gasteiger partial charge on any atom is -0.508 e. The second kappa shape index (κ2) is 10.3. The van der Waals surface area contributed by atoms with E-state index in [2.05, 4.69) is 5.32 Å². The molecule has 0 unspecified atom stereocenters. The van der Waals surface area contributed by atoms with Crippen molar-refractivity contribution >= 4 is 28.2 Å². The third-order valence-corrected chi connectivity index (χ3v) is 5.78. The van der Waals surface area contributed by atoms with E-state index in [9.17, 15) is 20.0 Å². The Labute approximate surface area is 217 Å². The number of nitro groups is 1. The van der Waals surface area contributed by atoms with Crippen LogP contribution in [0.2, 0.25) is 0 Å². The van der Waals surface area contributed by atoms with Gasteiger partial charge in [0.05, 0.1) is 40.6 Å². The third-order valence-electron chi connectivity index (χ3n) is 5.78. The van der Waals surface area contributed by atoms with Crippen molar-refractivity contribution in [2.24, 2.45) is 0 Å². The number of hydrogen-bond acceptors (Lipinski definition) is 7. The summed E-state index contributed by atoms with van der Waals surface area (Å²) in [7, 11) is 1.58. The van der Waals surface area contributed by atoms with Crippen LogP contribution in [0.1, 0.15) is 10.4 Å². The van der Waals surface area contributed by atoms with Crippen molar-refractivity contribution in [2.75, 3.05) is 12.4 Å². The number of methoxy groups -OCH3 is 1. The van der Waals surface area contributed by atoms with Crippen LogP contribution in [0.25, 0.3) is 22.2 Å². The van der Waals surface area contributed by atoms with E-state index in [4.69, 9.17) is 14.5 Å². The van der Waals surface area contributed by atoms with E-state index in [0.717, 1.165) is 5.56 Å². The summed E-state index contributed by atoms with van der Waals surface area (Å²) >= 11 is 0. The molecule has 9 nitrogen and oxygen atoms in total. The molecule has 4 aromatic carbocycles. The third kappa shape index (κ3) is 5.21. The lowest BCUT2D eigenvalue weighted by Crippen LogP contribution is -2.13. The number of nitrogens with zero attached hydrogens (tertiary/aromatic N) is 2. The van der Waals surface area contributed by atoms with Crippen LogP contribution in [-0.4, -0.2) is 28.0 Å². The summed E-state index contributed by atoms with van der Waals surface area (Å²) in [4.78, 5) is 29.2. The summed E-state index contributed by atoms with van der Waals surface area (Å²) in [5.41, 5.74) is 2.30. The molecule has 38 heavy (non-hydrogen) atoms. The maximum atomic E-state index is 13.5. The molecule has 0 spiro atoms. The molecule has 188 valence electrons. The zero-order valence-electron chi connectivity index (χ0n) is 20.1. The molecule has 5 aromatic rings. The number of benzene rings is 4. The van der Waals surface area contributed by atoms with Crippen LogP contribution < -0.4 is 14.8 Å². The quantitative estimate of drug-likeness (QED) is 0.189. The van der Waals surface area contributed by atoms with Crippen LogP contribution in [0.3, 0.4) is 0 Å². The predicted molar refractivity (Wildman–Crippen MR) is 143 cm³/mol. The van der Waals surface area contributed by atoms with E-state index in [1.807, 2.05) is 42.5 Å². The number of amides is 1. The van der Waals surface area contributed by atoms with Gasteiger partial charge in [0.1, 0.15) is 23.0 Å². The first-order chi connectivity index (χ1) is 18.4. The number of hydrogen-bond donors (Lipinski definition) is 2. The lowest BCUT2D eigenvalue weighted by molar-refractivity contribution is -0.384. The molecule has 0 bridgehead atoms. The highest BCUT2D eigenvalue weighted by molar-refractivity contribution is 6.13. The van der Waals surface area contributed by atoms with Crippen LogP contribution in [0, 0.1) is 10.1 Å². The number of non-ortho nitro benzene ring substituents is 1. The number of phenols is 1. The van der Waals surface area contributed by atoms with Gasteiger partial charge >= 0.3 is 0 Å². The van der Waals surface area contributed by atoms with Crippen LogP contribution in [0.4, 0.5) is 11.4 Å². The molecular weight excluding hydrogens is 486 g/mol. The van der Waals surface area contributed by atoms with Crippen LogP contribution in [-0.2, 0) is 0 Å². The summed E-state index contributed by atoms with van der Waals surface area (Å²) in [6, 6.07) is 26.2. The first-order valence-corrected chi connectivity index (χ1v) is 11.5. The molecule has 0 radical (unpaired) electrons. The molecule has 2 N–H and O–H groups in total. The standard InChI is InChI=1S/C29H21N3O6/c1-37-22-10-6-18(7-11-22)28-17-26(25-4-2-3-5-27(25)31-28)29(34)30-19-14-20(32(35)36)16-24(15-19)38-23-12-8-21(33)9-13-23/h2-17,33H,1H3,(H,30,34). The SMILES string of the molecule is COc1ccc(-c2cc(C(=O)Nc3cc(Oc4ccc(O)cc4)cc([N+](=O)[O-])c3)c3ccccc3n2)cc1. The molecule has 0 aliphatic rings. The number of nitrogens with one attached hydrogen (secondary N) is 1. The number of ether oxygens (including phenoxy) is 2. The van der Waals surface area contributed by atoms with Crippen molar-refractivity contribution in [3.63, 3.8) is 0 Å². The van der Waals surface area contributed by atoms with Gasteiger partial charge in [-0.1, -0.05) is 18.2 Å². The monoisotopic (exact) mass is 507 g/mol. The highest BCUT2D eigenvalue weighted by Gasteiger charge is 2.17. The van der Waals surface area contributed by atoms with Crippen molar-refractivity contribution in [2.45, 2.75) is 0 Å². The number of aromatic nitrogens is 1. The molecule has 1 heterocycles. The number of para-hydroxylation sites is 1. The summed E-state index contributed by atoms with van der Waals surface area (Å²) in [5.74, 6) is 0.810. The van der Waals surface area contributed by atoms with Crippen molar-refractivity contribution in [1.82, 2.24) is 4.98 Å². The van der Waals surface area contributed by atoms with Crippen molar-refractivity contribution in [1.29, 1.82) is 0 Å². The topological polar surface area (TPSA) is 124 Å². The van der Waals surface area contributed by atoms with E-state index in [1.54, 1.807) is 19.2 Å². The number of anilines is 1. The zero-order chi connectivity index (χ0) is 26.6. The maximum Gasteiger partial charge on any atom is 0.275 e. The van der Waals surface area contributed by atoms with Crippen LogP contribution >= 0.6 is 0 Å². The number of carbonyl (C=O) groups excluding carboxylic acids is 1. The smallest absolute Gasteiger partial charge is 0.275 e. The first-order valence-electron chi connectivity index (χ1n) is 11.5. The summed E-state index contributed by atoms with van der Waals surface area (Å²) in [6.45, 7) is 0. The molecule has 0 aliphatic heterocycles. The van der Waals surface area contributed by atoms with Gasteiger partial charge in [-0.05, 0) is 60.7 Å². The van der Waals surface area contributed by atoms with Crippen LogP contribution in [0.5, 0.6) is 23.0 Å². The van der Waals surface area contributed by atoms with Crippen molar-refractivity contribution in [3.8, 4) is 34.3 Å². The van der Waals surface area contributed by atoms with E-state index in [0.29, 0.717) is 33.7 Å². The van der Waals surface area contributed by atoms with E-state index in [1.165, 1.54) is 42.5 Å². The average molecular weight is 508 g/mol. The summed E-state index contributed by atoms with van der Waals surface area (Å²) < 4.78 is 11.0. The van der Waals surface area contributed by atoms with E-state index in [-0.39, 0.29) is 22.9 Å². The molecule has 5 rings (SSSR count). The minimum absolute atomic E-state index is 0.0583. The predicted octanol–water partition coefficient (Wildman–Crippen LogP) is 6.57. The molecule has 1 amide bonds. The molecule has 0 fully saturated rings. The normalized spacial score (nSPS) is 10.7. The highest BCUT2D eigenvalue weighted by Crippen LogP contribution is 2.32. The fourth-order valence-corrected chi connectivity index (χ4v) is 3.94. The second-order valence-corrected chi connectivity index (χ2v) is 8.32. The number of aromatic hydroxyl groups is 1. The maximum absolute atomic E-state index is 13.5. The van der Waals surface area contributed by atoms with Gasteiger partial charge in [-0.25, -0.2) is 4.98 Å². The summed E-state index contributed by atoms with van der Waals surface area (Å²) in [5, 5.41) is 24.4. The average Bonchev–Trinajstić information content (AvgIpc) is 2.93. The number of fused-ring (bicyclic) bond motifs is 1. The number of pyridine rings is 1. The van der Waals surface area contributed by atoms with Gasteiger partial charge in [-0.3, -0.25) is 14.9 Å². The molecule has 0 aliphatic carbocycles. The number of nitro benzene ring substituents is 1. The molecular formula is C29H21N3O6. The Hall–Kier alpha value is -5.44. The van der Waals surface area contributed by atoms with Gasteiger partial charge in [-0.15, -0.1) is 0 Å². The Bertz CT molecular complexity index is 1650. The van der Waals surface area contributed by atoms with Gasteiger partial charge in [0.15, 0.2) is 0 Å². The fraction of sp³-hybridized carbons (Fsp3) is 0.0345. The second-order valence-electron chi connectivity index (χ2n) is 8.32. The Morgan fingerprint density at radius 3 is 2.32 bits per heavy atom. The Kier molecular flexibility index (Phi) is 6.56. The molecule has 0 saturated carbocycles. The van der Waals surface area contributed by atoms with Gasteiger partial charge in [0.25, 0.3) is 11.6 Å². The zero-order valence-corrected chi connectivity index (χ0v) is 20.1. The van der Waals surface area contributed by atoms with Crippen molar-refractivity contribution in [3.05, 3.63) is 113 Å². The van der Waals surface area contributed by atoms with E-state index >= 15 is 0 Å². The summed E-state index contributed by atoms with van der Waals surface area (Å²) in [6.07, 6.45) is 0. The molecule has 0 atom stereocenters. The Balaban J connectivity index is 1.51. The van der Waals surface area contributed by atoms with Crippen molar-refractivity contribution < 1.29 is 24.3 Å². The largest absolute Gasteiger partial charge is 0.508 e. The molecule has 9 heteroatoms. The number of rotatable bonds is 7.